The van der Waals surface area contributed by atoms with Gasteiger partial charge in [-0.2, -0.15) is 0 Å². The minimum atomic E-state index is -0.368. The molecule has 9 aromatic rings. The molecule has 0 saturated carbocycles. The maximum Gasteiger partial charge on any atom is 0.0725 e. The zero-order valence-electron chi connectivity index (χ0n) is 30.6. The van der Waals surface area contributed by atoms with E-state index in [1.54, 1.807) is 0 Å². The van der Waals surface area contributed by atoms with E-state index in [1.807, 2.05) is 0 Å². The molecule has 256 valence electrons. The van der Waals surface area contributed by atoms with Crippen molar-refractivity contribution in [1.82, 2.24) is 4.98 Å². The number of hydrogen-bond acceptors (Lipinski definition) is 1. The Morgan fingerprint density at radius 1 is 0.370 bits per heavy atom. The fourth-order valence-corrected chi connectivity index (χ4v) is 9.32. The third kappa shape index (κ3) is 4.61. The monoisotopic (exact) mass is 689 g/mol. The molecular weight excluding hydrogens is 651 g/mol. The van der Waals surface area contributed by atoms with Crippen LogP contribution in [0.5, 0.6) is 0 Å². The van der Waals surface area contributed by atoms with E-state index in [0.29, 0.717) is 0 Å². The molecule has 0 bridgehead atoms. The van der Waals surface area contributed by atoms with Crippen molar-refractivity contribution in [3.05, 3.63) is 210 Å². The number of rotatable bonds is 3. The van der Waals surface area contributed by atoms with Crippen molar-refractivity contribution in [3.63, 3.8) is 0 Å². The van der Waals surface area contributed by atoms with Crippen molar-refractivity contribution in [2.24, 2.45) is 0 Å². The molecule has 1 spiro atoms. The number of nitrogens with zero attached hydrogens (tertiary/aromatic N) is 1. The van der Waals surface area contributed by atoms with Gasteiger partial charge in [0.1, 0.15) is 0 Å². The Hall–Kier alpha value is -6.57. The summed E-state index contributed by atoms with van der Waals surface area (Å²) in [4.78, 5) is 5.20. The van der Waals surface area contributed by atoms with Gasteiger partial charge >= 0.3 is 0 Å². The lowest BCUT2D eigenvalue weighted by atomic mass is 9.70. The summed E-state index contributed by atoms with van der Waals surface area (Å²) in [5, 5.41) is 4.98. The van der Waals surface area contributed by atoms with Crippen LogP contribution in [-0.4, -0.2) is 4.98 Å². The van der Waals surface area contributed by atoms with E-state index >= 15 is 0 Å². The molecule has 1 heteroatoms. The van der Waals surface area contributed by atoms with Crippen LogP contribution in [0.15, 0.2) is 188 Å². The van der Waals surface area contributed by atoms with Gasteiger partial charge in [-0.1, -0.05) is 190 Å². The predicted molar refractivity (Wildman–Crippen MR) is 228 cm³/mol. The highest BCUT2D eigenvalue weighted by Gasteiger charge is 2.51. The zero-order chi connectivity index (χ0) is 36.2. The summed E-state index contributed by atoms with van der Waals surface area (Å²) in [5.74, 6) is 0. The molecule has 0 atom stereocenters. The molecular formula is C53H39N. The lowest BCUT2D eigenvalue weighted by molar-refractivity contribution is 0.794. The van der Waals surface area contributed by atoms with Gasteiger partial charge in [0.25, 0.3) is 0 Å². The predicted octanol–water partition coefficient (Wildman–Crippen LogP) is 14.1. The van der Waals surface area contributed by atoms with Crippen LogP contribution < -0.4 is 0 Å². The van der Waals surface area contributed by atoms with Crippen LogP contribution >= 0.6 is 0 Å². The highest BCUT2D eigenvalue weighted by atomic mass is 14.7. The maximum atomic E-state index is 5.20. The fourth-order valence-electron chi connectivity index (χ4n) is 9.32. The molecule has 0 radical (unpaired) electrons. The molecule has 1 nitrogen and oxygen atoms in total. The van der Waals surface area contributed by atoms with E-state index in [4.69, 9.17) is 4.98 Å². The van der Waals surface area contributed by atoms with Gasteiger partial charge < -0.3 is 0 Å². The highest BCUT2D eigenvalue weighted by Crippen LogP contribution is 2.63. The average Bonchev–Trinajstić information content (AvgIpc) is 3.70. The molecule has 2 aliphatic carbocycles. The Bertz CT molecular complexity index is 2740. The second-order valence-electron chi connectivity index (χ2n) is 14.5. The SMILES string of the molecule is CCC.c1ccc(-c2c3ccccc3c(-c3ccc(-c4ccc5c(c4)C4(c6ccccc6-c6ccccc64)c4ccccc4-5)nc3)c3ccccc23)cc1. The van der Waals surface area contributed by atoms with Gasteiger partial charge in [0.15, 0.2) is 0 Å². The van der Waals surface area contributed by atoms with Crippen molar-refractivity contribution in [2.45, 2.75) is 25.7 Å². The number of benzene rings is 8. The topological polar surface area (TPSA) is 12.9 Å². The fraction of sp³-hybridized carbons (Fsp3) is 0.0755. The van der Waals surface area contributed by atoms with Gasteiger partial charge in [0.05, 0.1) is 11.1 Å². The van der Waals surface area contributed by atoms with Gasteiger partial charge in [-0.3, -0.25) is 4.98 Å². The third-order valence-corrected chi connectivity index (χ3v) is 11.3. The Labute approximate surface area is 317 Å². The summed E-state index contributed by atoms with van der Waals surface area (Å²) in [6.45, 7) is 4.25. The van der Waals surface area contributed by atoms with E-state index in [2.05, 4.69) is 202 Å². The quantitative estimate of drug-likeness (QED) is 0.168. The van der Waals surface area contributed by atoms with Crippen LogP contribution in [0.1, 0.15) is 42.5 Å². The maximum absolute atomic E-state index is 5.20. The van der Waals surface area contributed by atoms with Gasteiger partial charge in [-0.25, -0.2) is 0 Å². The van der Waals surface area contributed by atoms with Crippen LogP contribution in [-0.2, 0) is 5.41 Å². The second kappa shape index (κ2) is 12.8. The minimum Gasteiger partial charge on any atom is -0.256 e. The molecule has 54 heavy (non-hydrogen) atoms. The van der Waals surface area contributed by atoms with E-state index in [0.717, 1.165) is 16.8 Å². The molecule has 11 rings (SSSR count). The minimum absolute atomic E-state index is 0.368. The molecule has 2 aliphatic rings. The Balaban J connectivity index is 0.00000117. The van der Waals surface area contributed by atoms with Crippen LogP contribution in [0.2, 0.25) is 0 Å². The molecule has 0 aliphatic heterocycles. The molecule has 0 saturated heterocycles. The third-order valence-electron chi connectivity index (χ3n) is 11.3. The Morgan fingerprint density at radius 2 is 0.778 bits per heavy atom. The van der Waals surface area contributed by atoms with Crippen LogP contribution in [0.25, 0.3) is 77.3 Å². The van der Waals surface area contributed by atoms with Gasteiger partial charge in [0.2, 0.25) is 0 Å². The number of hydrogen-bond donors (Lipinski definition) is 0. The van der Waals surface area contributed by atoms with E-state index in [9.17, 15) is 0 Å². The first-order chi connectivity index (χ1) is 26.7. The second-order valence-corrected chi connectivity index (χ2v) is 14.5. The van der Waals surface area contributed by atoms with Crippen molar-refractivity contribution >= 4 is 21.5 Å². The standard InChI is InChI=1S/C50H31N.C3H8/c1-2-14-32(15-3-1)48-39-19-4-6-21-41(39)49(42-22-7-5-20-40(42)48)34-27-29-47(51-31-34)33-26-28-38-37-18-10-13-25-45(37)50(46(38)30-33)43-23-11-8-16-35(43)36-17-9-12-24-44(36)50;1-3-2/h1-31H;3H2,1-2H3. The summed E-state index contributed by atoms with van der Waals surface area (Å²) in [6, 6.07) is 66.8. The van der Waals surface area contributed by atoms with E-state index in [1.165, 1.54) is 89.2 Å². The number of fused-ring (bicyclic) bond motifs is 12. The van der Waals surface area contributed by atoms with Crippen molar-refractivity contribution in [1.29, 1.82) is 0 Å². The summed E-state index contributed by atoms with van der Waals surface area (Å²) in [6.07, 6.45) is 3.32. The first-order valence-electron chi connectivity index (χ1n) is 19.1. The molecule has 1 heterocycles. The Kier molecular flexibility index (Phi) is 7.63. The normalized spacial score (nSPS) is 12.9. The molecule has 0 N–H and O–H groups in total. The van der Waals surface area contributed by atoms with Crippen molar-refractivity contribution in [2.75, 3.05) is 0 Å². The van der Waals surface area contributed by atoms with Crippen LogP contribution in [0.3, 0.4) is 0 Å². The molecule has 0 amide bonds. The van der Waals surface area contributed by atoms with Crippen molar-refractivity contribution in [3.8, 4) is 55.8 Å². The first-order valence-corrected chi connectivity index (χ1v) is 19.1. The molecule has 8 aromatic carbocycles. The lowest BCUT2D eigenvalue weighted by Gasteiger charge is -2.30. The Morgan fingerprint density at radius 3 is 1.26 bits per heavy atom. The van der Waals surface area contributed by atoms with Crippen molar-refractivity contribution < 1.29 is 0 Å². The largest absolute Gasteiger partial charge is 0.256 e. The summed E-state index contributed by atoms with van der Waals surface area (Å²) in [5.41, 5.74) is 17.2. The lowest BCUT2D eigenvalue weighted by Crippen LogP contribution is -2.25. The van der Waals surface area contributed by atoms with Gasteiger partial charge in [-0.15, -0.1) is 0 Å². The smallest absolute Gasteiger partial charge is 0.0725 e. The molecule has 0 unspecified atom stereocenters. The first kappa shape index (κ1) is 32.1. The average molecular weight is 690 g/mol. The van der Waals surface area contributed by atoms with Crippen LogP contribution in [0, 0.1) is 0 Å². The molecule has 0 fully saturated rings. The van der Waals surface area contributed by atoms with Gasteiger partial charge in [0, 0.05) is 17.3 Å². The summed E-state index contributed by atoms with van der Waals surface area (Å²) in [7, 11) is 0. The summed E-state index contributed by atoms with van der Waals surface area (Å²) >= 11 is 0. The zero-order valence-corrected chi connectivity index (χ0v) is 30.6. The van der Waals surface area contributed by atoms with Crippen LogP contribution in [0.4, 0.5) is 0 Å². The summed E-state index contributed by atoms with van der Waals surface area (Å²) < 4.78 is 0. The van der Waals surface area contributed by atoms with E-state index < -0.39 is 0 Å². The van der Waals surface area contributed by atoms with E-state index in [-0.39, 0.29) is 5.41 Å². The van der Waals surface area contributed by atoms with Gasteiger partial charge in [-0.05, 0) is 94.9 Å². The number of aromatic nitrogens is 1. The highest BCUT2D eigenvalue weighted by molar-refractivity contribution is 6.21. The molecule has 1 aromatic heterocycles. The number of pyridine rings is 1.